The molecule has 2 heterocycles. The van der Waals surface area contributed by atoms with Crippen LogP contribution in [0.25, 0.3) is 21.8 Å². The SMILES string of the molecule is Cc1c(Br)nc2cc(F)cc(F)c2c1Br.Cc1c(Cl)nc2cc(F)cc(F)c2c1Cl. The number of rotatable bonds is 0. The van der Waals surface area contributed by atoms with E-state index in [1.807, 2.05) is 0 Å². The highest BCUT2D eigenvalue weighted by atomic mass is 79.9. The minimum Gasteiger partial charge on any atom is -0.240 e. The molecule has 0 saturated carbocycles. The quantitative estimate of drug-likeness (QED) is 0.153. The summed E-state index contributed by atoms with van der Waals surface area (Å²) in [5.74, 6) is -2.68. The lowest BCUT2D eigenvalue weighted by molar-refractivity contribution is 0.590. The van der Waals surface area contributed by atoms with E-state index in [9.17, 15) is 17.6 Å². The first-order valence-corrected chi connectivity index (χ1v) is 10.6. The lowest BCUT2D eigenvalue weighted by atomic mass is 10.1. The van der Waals surface area contributed by atoms with Crippen LogP contribution in [0.4, 0.5) is 17.6 Å². The summed E-state index contributed by atoms with van der Waals surface area (Å²) in [4.78, 5) is 7.92. The van der Waals surface area contributed by atoms with E-state index in [4.69, 9.17) is 23.2 Å². The van der Waals surface area contributed by atoms with E-state index in [1.165, 1.54) is 6.07 Å². The Balaban J connectivity index is 0.000000171. The zero-order valence-corrected chi connectivity index (χ0v) is 19.9. The fraction of sp³-hybridized carbons (Fsp3) is 0.100. The molecule has 0 aliphatic heterocycles. The van der Waals surface area contributed by atoms with Gasteiger partial charge in [-0.3, -0.25) is 0 Å². The number of hydrogen-bond acceptors (Lipinski definition) is 2. The largest absolute Gasteiger partial charge is 0.240 e. The Morgan fingerprint density at radius 2 is 1.23 bits per heavy atom. The van der Waals surface area contributed by atoms with Crippen molar-refractivity contribution in [2.45, 2.75) is 13.8 Å². The van der Waals surface area contributed by atoms with E-state index < -0.39 is 23.3 Å². The fourth-order valence-corrected chi connectivity index (χ4v) is 4.41. The molecule has 30 heavy (non-hydrogen) atoms. The summed E-state index contributed by atoms with van der Waals surface area (Å²) in [6.45, 7) is 3.42. The van der Waals surface area contributed by atoms with Crippen LogP contribution in [0.2, 0.25) is 10.2 Å². The lowest BCUT2D eigenvalue weighted by Crippen LogP contribution is -1.92. The predicted octanol–water partition coefficient (Wildman–Crippen LogP) is 8.47. The highest BCUT2D eigenvalue weighted by molar-refractivity contribution is 9.11. The van der Waals surface area contributed by atoms with Gasteiger partial charge >= 0.3 is 0 Å². The average molecular weight is 585 g/mol. The molecule has 10 heteroatoms. The molecule has 0 atom stereocenters. The first-order valence-electron chi connectivity index (χ1n) is 8.22. The number of fused-ring (bicyclic) bond motifs is 2. The molecular weight excluding hydrogens is 575 g/mol. The maximum absolute atomic E-state index is 13.5. The van der Waals surface area contributed by atoms with Crippen LogP contribution in [0.3, 0.4) is 0 Å². The second-order valence-electron chi connectivity index (χ2n) is 6.25. The first-order chi connectivity index (χ1) is 14.0. The number of nitrogens with zero attached hydrogens (tertiary/aromatic N) is 2. The normalized spacial score (nSPS) is 11.0. The molecule has 0 aliphatic carbocycles. The van der Waals surface area contributed by atoms with Crippen molar-refractivity contribution in [3.05, 3.63) is 77.9 Å². The van der Waals surface area contributed by atoms with E-state index in [1.54, 1.807) is 13.8 Å². The van der Waals surface area contributed by atoms with Crippen LogP contribution in [0.1, 0.15) is 11.1 Å². The molecule has 4 rings (SSSR count). The van der Waals surface area contributed by atoms with Crippen LogP contribution in [0, 0.1) is 37.1 Å². The lowest BCUT2D eigenvalue weighted by Gasteiger charge is -2.07. The van der Waals surface area contributed by atoms with E-state index in [0.717, 1.165) is 23.8 Å². The van der Waals surface area contributed by atoms with Gasteiger partial charge in [0, 0.05) is 34.3 Å². The second kappa shape index (κ2) is 8.94. The Hall–Kier alpha value is -1.48. The number of hydrogen-bond donors (Lipinski definition) is 0. The van der Waals surface area contributed by atoms with Crippen molar-refractivity contribution in [2.24, 2.45) is 0 Å². The predicted molar refractivity (Wildman–Crippen MR) is 118 cm³/mol. The third-order valence-corrected chi connectivity index (χ3v) is 6.83. The summed E-state index contributed by atoms with van der Waals surface area (Å²) in [6.07, 6.45) is 0. The molecule has 0 amide bonds. The zero-order valence-electron chi connectivity index (χ0n) is 15.2. The van der Waals surface area contributed by atoms with Crippen LogP contribution < -0.4 is 0 Å². The van der Waals surface area contributed by atoms with Gasteiger partial charge in [0.2, 0.25) is 0 Å². The third-order valence-electron chi connectivity index (χ3n) is 4.22. The van der Waals surface area contributed by atoms with Gasteiger partial charge in [-0.15, -0.1) is 0 Å². The van der Waals surface area contributed by atoms with E-state index in [2.05, 4.69) is 41.8 Å². The summed E-state index contributed by atoms with van der Waals surface area (Å²) in [5, 5.41) is 0.720. The van der Waals surface area contributed by atoms with E-state index in [0.29, 0.717) is 20.0 Å². The highest BCUT2D eigenvalue weighted by Crippen LogP contribution is 2.33. The van der Waals surface area contributed by atoms with Crippen molar-refractivity contribution in [3.63, 3.8) is 0 Å². The summed E-state index contributed by atoms with van der Waals surface area (Å²) in [6, 6.07) is 3.91. The minimum atomic E-state index is -0.734. The Bertz CT molecular complexity index is 1210. The van der Waals surface area contributed by atoms with Gasteiger partial charge in [-0.05, 0) is 51.3 Å². The van der Waals surface area contributed by atoms with Crippen molar-refractivity contribution >= 4 is 76.9 Å². The van der Waals surface area contributed by atoms with Crippen LogP contribution in [-0.4, -0.2) is 9.97 Å². The Kier molecular flexibility index (Phi) is 6.91. The molecule has 0 spiro atoms. The topological polar surface area (TPSA) is 25.8 Å². The van der Waals surface area contributed by atoms with Crippen LogP contribution in [0.15, 0.2) is 33.3 Å². The van der Waals surface area contributed by atoms with Crippen molar-refractivity contribution in [1.82, 2.24) is 9.97 Å². The molecule has 0 unspecified atom stereocenters. The smallest absolute Gasteiger partial charge is 0.137 e. The molecular formula is C20H10Br2Cl2F4N2. The first kappa shape index (κ1) is 23.2. The standard InChI is InChI=1S/C10H5Br2F2N.C10H5Cl2F2N/c2*1-4-9(11)8-6(14)2-5(13)3-7(8)15-10(4)12/h2*2-3H,1H3. The molecule has 2 nitrogen and oxygen atoms in total. The molecule has 0 radical (unpaired) electrons. The van der Waals surface area contributed by atoms with Crippen LogP contribution >= 0.6 is 55.1 Å². The van der Waals surface area contributed by atoms with Gasteiger partial charge in [0.1, 0.15) is 33.0 Å². The molecule has 0 aliphatic rings. The van der Waals surface area contributed by atoms with Crippen molar-refractivity contribution in [3.8, 4) is 0 Å². The van der Waals surface area contributed by atoms with Gasteiger partial charge in [-0.25, -0.2) is 27.5 Å². The third kappa shape index (κ3) is 4.42. The highest BCUT2D eigenvalue weighted by Gasteiger charge is 2.14. The number of pyridine rings is 2. The van der Waals surface area contributed by atoms with Gasteiger partial charge in [0.05, 0.1) is 26.8 Å². The fourth-order valence-electron chi connectivity index (χ4n) is 2.67. The number of halogens is 8. The van der Waals surface area contributed by atoms with Gasteiger partial charge in [-0.2, -0.15) is 0 Å². The monoisotopic (exact) mass is 582 g/mol. The van der Waals surface area contributed by atoms with Gasteiger partial charge in [0.15, 0.2) is 0 Å². The molecule has 4 aromatic rings. The molecule has 0 fully saturated rings. The summed E-state index contributed by atoms with van der Waals surface area (Å²) >= 11 is 18.2. The van der Waals surface area contributed by atoms with Crippen molar-refractivity contribution in [1.29, 1.82) is 0 Å². The maximum Gasteiger partial charge on any atom is 0.137 e. The van der Waals surface area contributed by atoms with Gasteiger partial charge in [0.25, 0.3) is 0 Å². The molecule has 0 saturated heterocycles. The van der Waals surface area contributed by atoms with Gasteiger partial charge in [-0.1, -0.05) is 23.2 Å². The van der Waals surface area contributed by atoms with Crippen LogP contribution in [0.5, 0.6) is 0 Å². The zero-order chi connectivity index (χ0) is 22.3. The van der Waals surface area contributed by atoms with Crippen LogP contribution in [-0.2, 0) is 0 Å². The molecule has 2 aromatic heterocycles. The summed E-state index contributed by atoms with van der Waals surface area (Å²) < 4.78 is 53.9. The Labute approximate surface area is 195 Å². The summed E-state index contributed by atoms with van der Waals surface area (Å²) in [5.41, 5.74) is 1.68. The molecule has 156 valence electrons. The maximum atomic E-state index is 13.5. The summed E-state index contributed by atoms with van der Waals surface area (Å²) in [7, 11) is 0. The van der Waals surface area contributed by atoms with Crippen molar-refractivity contribution < 1.29 is 17.6 Å². The molecule has 2 aromatic carbocycles. The van der Waals surface area contributed by atoms with Crippen molar-refractivity contribution in [2.75, 3.05) is 0 Å². The second-order valence-corrected chi connectivity index (χ2v) is 8.53. The number of benzene rings is 2. The Morgan fingerprint density at radius 1 is 0.733 bits per heavy atom. The Morgan fingerprint density at radius 3 is 1.80 bits per heavy atom. The van der Waals surface area contributed by atoms with E-state index >= 15 is 0 Å². The average Bonchev–Trinajstić information content (AvgIpc) is 2.63. The van der Waals surface area contributed by atoms with E-state index in [-0.39, 0.29) is 26.6 Å². The van der Waals surface area contributed by atoms with Gasteiger partial charge < -0.3 is 0 Å². The minimum absolute atomic E-state index is 0.0972. The molecule has 0 N–H and O–H groups in total. The number of aromatic nitrogens is 2. The molecule has 0 bridgehead atoms.